The zero-order valence-electron chi connectivity index (χ0n) is 13.3. The lowest BCUT2D eigenvalue weighted by Crippen LogP contribution is -2.46. The van der Waals surface area contributed by atoms with Crippen LogP contribution < -0.4 is 10.9 Å². The number of amides is 1. The van der Waals surface area contributed by atoms with Crippen LogP contribution in [0.1, 0.15) is 41.9 Å². The quantitative estimate of drug-likeness (QED) is 0.875. The van der Waals surface area contributed by atoms with Crippen LogP contribution in [0.2, 0.25) is 0 Å². The van der Waals surface area contributed by atoms with Crippen LogP contribution in [0.3, 0.4) is 0 Å². The van der Waals surface area contributed by atoms with E-state index in [1.54, 1.807) is 14.0 Å². The van der Waals surface area contributed by atoms with Gasteiger partial charge in [0.25, 0.3) is 11.5 Å². The van der Waals surface area contributed by atoms with E-state index in [4.69, 9.17) is 5.11 Å². The molecule has 6 nitrogen and oxygen atoms in total. The number of rotatable bonds is 5. The van der Waals surface area contributed by atoms with Crippen molar-refractivity contribution < 1.29 is 9.90 Å². The summed E-state index contributed by atoms with van der Waals surface area (Å²) in [5.41, 5.74) is 0.0485. The van der Waals surface area contributed by atoms with Crippen LogP contribution in [0, 0.1) is 6.92 Å². The molecule has 0 spiro atoms. The molecular weight excluding hydrogens is 302 g/mol. The van der Waals surface area contributed by atoms with E-state index >= 15 is 0 Å². The lowest BCUT2D eigenvalue weighted by molar-refractivity contribution is 0.0890. The van der Waals surface area contributed by atoms with Gasteiger partial charge in [0, 0.05) is 19.2 Å². The molecular formula is C15H21N3O3S. The molecule has 2 heterocycles. The summed E-state index contributed by atoms with van der Waals surface area (Å²) in [6.45, 7) is 5.65. The second-order valence-electron chi connectivity index (χ2n) is 5.74. The first-order valence-electron chi connectivity index (χ1n) is 7.21. The number of carbonyl (C=O) groups excluding carboxylic acids is 1. The second kappa shape index (κ2) is 6.18. The summed E-state index contributed by atoms with van der Waals surface area (Å²) >= 11 is 1.23. The Hall–Kier alpha value is -1.73. The molecule has 1 atom stereocenters. The fourth-order valence-corrected chi connectivity index (χ4v) is 3.37. The van der Waals surface area contributed by atoms with Crippen molar-refractivity contribution in [3.8, 4) is 0 Å². The van der Waals surface area contributed by atoms with Gasteiger partial charge in [-0.25, -0.2) is 4.98 Å². The Morgan fingerprint density at radius 3 is 2.82 bits per heavy atom. The Morgan fingerprint density at radius 1 is 1.55 bits per heavy atom. The number of aryl methyl sites for hydroxylation is 2. The molecule has 0 aromatic carbocycles. The van der Waals surface area contributed by atoms with Crippen molar-refractivity contribution in [1.82, 2.24) is 14.9 Å². The molecule has 0 aliphatic rings. The van der Waals surface area contributed by atoms with E-state index in [1.807, 2.05) is 13.8 Å². The molecule has 0 radical (unpaired) electrons. The van der Waals surface area contributed by atoms with Gasteiger partial charge < -0.3 is 15.0 Å². The molecule has 2 rings (SSSR count). The number of nitrogens with zero attached hydrogens (tertiary/aromatic N) is 2. The summed E-state index contributed by atoms with van der Waals surface area (Å²) in [4.78, 5) is 30.1. The van der Waals surface area contributed by atoms with Crippen LogP contribution in [0.15, 0.2) is 11.1 Å². The zero-order chi connectivity index (χ0) is 16.5. The average molecular weight is 323 g/mol. The fraction of sp³-hybridized carbons (Fsp3) is 0.533. The molecule has 2 aromatic heterocycles. The number of hydrogen-bond acceptors (Lipinski definition) is 5. The number of aliphatic hydroxyl groups is 1. The Morgan fingerprint density at radius 2 is 2.23 bits per heavy atom. The first kappa shape index (κ1) is 16.6. The van der Waals surface area contributed by atoms with Gasteiger partial charge in [-0.1, -0.05) is 6.92 Å². The van der Waals surface area contributed by atoms with Gasteiger partial charge in [0.05, 0.1) is 16.6 Å². The number of nitrogens with one attached hydrogen (secondary N) is 1. The van der Waals surface area contributed by atoms with E-state index in [0.717, 1.165) is 0 Å². The summed E-state index contributed by atoms with van der Waals surface area (Å²) in [7, 11) is 1.64. The highest BCUT2D eigenvalue weighted by Gasteiger charge is 2.27. The van der Waals surface area contributed by atoms with Crippen LogP contribution in [-0.2, 0) is 7.05 Å². The average Bonchev–Trinajstić information content (AvgIpc) is 2.81. The van der Waals surface area contributed by atoms with E-state index in [0.29, 0.717) is 33.5 Å². The number of thiophene rings is 1. The van der Waals surface area contributed by atoms with Crippen LogP contribution in [0.4, 0.5) is 0 Å². The van der Waals surface area contributed by atoms with Gasteiger partial charge in [-0.3, -0.25) is 9.59 Å². The number of carbonyl (C=O) groups is 1. The summed E-state index contributed by atoms with van der Waals surface area (Å²) in [5, 5.41) is 12.6. The molecule has 7 heteroatoms. The Kier molecular flexibility index (Phi) is 4.67. The van der Waals surface area contributed by atoms with Crippen molar-refractivity contribution in [3.05, 3.63) is 27.1 Å². The molecule has 120 valence electrons. The van der Waals surface area contributed by atoms with Crippen molar-refractivity contribution >= 4 is 27.5 Å². The minimum atomic E-state index is -0.465. The normalized spacial score (nSPS) is 14.0. The molecule has 0 aliphatic carbocycles. The lowest BCUT2D eigenvalue weighted by Gasteiger charge is -2.28. The van der Waals surface area contributed by atoms with Crippen molar-refractivity contribution in [1.29, 1.82) is 0 Å². The van der Waals surface area contributed by atoms with Crippen LogP contribution in [-0.4, -0.2) is 32.7 Å². The van der Waals surface area contributed by atoms with Gasteiger partial charge in [0.15, 0.2) is 0 Å². The molecule has 22 heavy (non-hydrogen) atoms. The smallest absolute Gasteiger partial charge is 0.262 e. The first-order valence-corrected chi connectivity index (χ1v) is 8.02. The molecule has 0 bridgehead atoms. The molecule has 1 amide bonds. The molecule has 2 aromatic rings. The molecule has 0 aliphatic heterocycles. The molecule has 0 fully saturated rings. The maximum absolute atomic E-state index is 12.6. The predicted molar refractivity (Wildman–Crippen MR) is 87.5 cm³/mol. The largest absolute Gasteiger partial charge is 0.396 e. The monoisotopic (exact) mass is 323 g/mol. The summed E-state index contributed by atoms with van der Waals surface area (Å²) in [6.07, 6.45) is 2.66. The van der Waals surface area contributed by atoms with E-state index in [2.05, 4.69) is 10.3 Å². The van der Waals surface area contributed by atoms with Crippen LogP contribution in [0.5, 0.6) is 0 Å². The van der Waals surface area contributed by atoms with Crippen molar-refractivity contribution in [2.75, 3.05) is 6.61 Å². The van der Waals surface area contributed by atoms with Gasteiger partial charge in [0.1, 0.15) is 4.83 Å². The predicted octanol–water partition coefficient (Wildman–Crippen LogP) is 1.58. The van der Waals surface area contributed by atoms with E-state index < -0.39 is 5.54 Å². The minimum Gasteiger partial charge on any atom is -0.396 e. The molecule has 1 unspecified atom stereocenters. The zero-order valence-corrected chi connectivity index (χ0v) is 14.1. The fourth-order valence-electron chi connectivity index (χ4n) is 2.33. The minimum absolute atomic E-state index is 0.0120. The SMILES string of the molecule is CCC(C)(CCO)NC(=O)c1sc2ncn(C)c(=O)c2c1C. The maximum atomic E-state index is 12.6. The van der Waals surface area contributed by atoms with E-state index in [1.165, 1.54) is 22.2 Å². The third-order valence-corrected chi connectivity index (χ3v) is 5.27. The van der Waals surface area contributed by atoms with Crippen molar-refractivity contribution in [3.63, 3.8) is 0 Å². The Balaban J connectivity index is 2.43. The van der Waals surface area contributed by atoms with Crippen LogP contribution in [0.25, 0.3) is 10.2 Å². The summed E-state index contributed by atoms with van der Waals surface area (Å²) < 4.78 is 1.41. The molecule has 2 N–H and O–H groups in total. The van der Waals surface area contributed by atoms with Gasteiger partial charge in [-0.05, 0) is 32.3 Å². The molecule has 0 saturated carbocycles. The van der Waals surface area contributed by atoms with Crippen molar-refractivity contribution in [2.24, 2.45) is 7.05 Å². The highest BCUT2D eigenvalue weighted by molar-refractivity contribution is 7.20. The number of aliphatic hydroxyl groups excluding tert-OH is 1. The lowest BCUT2D eigenvalue weighted by atomic mass is 9.94. The Labute approximate surface area is 132 Å². The number of aromatic nitrogens is 2. The third-order valence-electron chi connectivity index (χ3n) is 4.08. The van der Waals surface area contributed by atoms with Gasteiger partial charge in [-0.15, -0.1) is 11.3 Å². The number of fused-ring (bicyclic) bond motifs is 1. The topological polar surface area (TPSA) is 84.2 Å². The third kappa shape index (κ3) is 2.91. The summed E-state index contributed by atoms with van der Waals surface area (Å²) in [6, 6.07) is 0. The standard InChI is InChI=1S/C15H21N3O3S/c1-5-15(3,6-7-19)17-12(20)11-9(2)10-13(22-11)16-8-18(4)14(10)21/h8,19H,5-7H2,1-4H3,(H,17,20). The Bertz CT molecular complexity index is 765. The highest BCUT2D eigenvalue weighted by atomic mass is 32.1. The molecule has 0 saturated heterocycles. The van der Waals surface area contributed by atoms with E-state index in [-0.39, 0.29) is 18.1 Å². The summed E-state index contributed by atoms with van der Waals surface area (Å²) in [5.74, 6) is -0.222. The van der Waals surface area contributed by atoms with Crippen LogP contribution >= 0.6 is 11.3 Å². The van der Waals surface area contributed by atoms with Gasteiger partial charge in [0.2, 0.25) is 0 Å². The van der Waals surface area contributed by atoms with Gasteiger partial charge >= 0.3 is 0 Å². The number of hydrogen-bond donors (Lipinski definition) is 2. The second-order valence-corrected chi connectivity index (χ2v) is 6.74. The highest BCUT2D eigenvalue weighted by Crippen LogP contribution is 2.27. The maximum Gasteiger partial charge on any atom is 0.262 e. The van der Waals surface area contributed by atoms with Crippen molar-refractivity contribution in [2.45, 2.75) is 39.2 Å². The van der Waals surface area contributed by atoms with E-state index in [9.17, 15) is 9.59 Å². The first-order chi connectivity index (χ1) is 10.3. The van der Waals surface area contributed by atoms with Gasteiger partial charge in [-0.2, -0.15) is 0 Å².